The summed E-state index contributed by atoms with van der Waals surface area (Å²) in [7, 11) is 0. The quantitative estimate of drug-likeness (QED) is 0.695. The molecule has 2 aromatic heterocycles. The maximum atomic E-state index is 12.5. The molecule has 4 rings (SSSR count). The Hall–Kier alpha value is -2.80. The van der Waals surface area contributed by atoms with Crippen molar-refractivity contribution in [2.75, 3.05) is 6.54 Å². The summed E-state index contributed by atoms with van der Waals surface area (Å²) in [5.41, 5.74) is 14.8. The highest BCUT2D eigenvalue weighted by Gasteiger charge is 2.28. The zero-order valence-electron chi connectivity index (χ0n) is 16.2. The fraction of sp³-hybridized carbons (Fsp3) is 0.429. The van der Waals surface area contributed by atoms with Crippen molar-refractivity contribution in [3.8, 4) is 0 Å². The van der Waals surface area contributed by atoms with Gasteiger partial charge in [0.25, 0.3) is 5.91 Å². The van der Waals surface area contributed by atoms with Crippen molar-refractivity contribution in [1.29, 1.82) is 0 Å². The number of hydrogen-bond donors (Lipinski definition) is 3. The van der Waals surface area contributed by atoms with Crippen LogP contribution in [0.1, 0.15) is 66.2 Å². The third-order valence-corrected chi connectivity index (χ3v) is 5.66. The Kier molecular flexibility index (Phi) is 5.34. The molecule has 1 fully saturated rings. The van der Waals surface area contributed by atoms with Crippen LogP contribution in [-0.4, -0.2) is 33.1 Å². The SMILES string of the molecule is Cc1[nH]c(C=C2C(=O)NN=C2c2cnccn2)c(C2CCCCC2)c1CCN. The summed E-state index contributed by atoms with van der Waals surface area (Å²) in [6, 6.07) is 0. The van der Waals surface area contributed by atoms with Crippen LogP contribution in [0.15, 0.2) is 29.3 Å². The van der Waals surface area contributed by atoms with E-state index in [0.717, 1.165) is 17.8 Å². The normalized spacial score (nSPS) is 19.1. The van der Waals surface area contributed by atoms with E-state index in [9.17, 15) is 4.79 Å². The number of hydrazone groups is 1. The monoisotopic (exact) mass is 378 g/mol. The van der Waals surface area contributed by atoms with Gasteiger partial charge >= 0.3 is 0 Å². The molecular formula is C21H26N6O. The molecule has 1 saturated carbocycles. The smallest absolute Gasteiger partial charge is 0.273 e. The summed E-state index contributed by atoms with van der Waals surface area (Å²) in [5, 5.41) is 4.18. The molecule has 7 heteroatoms. The van der Waals surface area contributed by atoms with Gasteiger partial charge in [0, 0.05) is 23.8 Å². The zero-order chi connectivity index (χ0) is 19.5. The van der Waals surface area contributed by atoms with Crippen LogP contribution in [0.5, 0.6) is 0 Å². The maximum Gasteiger partial charge on any atom is 0.273 e. The molecule has 0 bridgehead atoms. The standard InChI is InChI=1S/C21H26N6O/c1-13-15(7-8-22)19(14-5-3-2-4-6-14)17(25-13)11-16-20(26-27-21(16)28)18-12-23-9-10-24-18/h9-12,14,25H,2-8,22H2,1H3,(H,27,28). The maximum absolute atomic E-state index is 12.5. The molecule has 28 heavy (non-hydrogen) atoms. The van der Waals surface area contributed by atoms with Gasteiger partial charge in [-0.3, -0.25) is 14.8 Å². The van der Waals surface area contributed by atoms with Crippen molar-refractivity contribution in [2.24, 2.45) is 10.8 Å². The first kappa shape index (κ1) is 18.6. The molecule has 2 aliphatic rings. The van der Waals surface area contributed by atoms with Crippen molar-refractivity contribution in [2.45, 2.75) is 51.4 Å². The molecule has 0 radical (unpaired) electrons. The number of carbonyl (C=O) groups is 1. The van der Waals surface area contributed by atoms with Gasteiger partial charge in [0.1, 0.15) is 11.4 Å². The van der Waals surface area contributed by atoms with Gasteiger partial charge in [-0.05, 0) is 55.9 Å². The Morgan fingerprint density at radius 1 is 1.25 bits per heavy atom. The molecule has 146 valence electrons. The summed E-state index contributed by atoms with van der Waals surface area (Å²) in [6.07, 6.45) is 13.8. The lowest BCUT2D eigenvalue weighted by molar-refractivity contribution is -0.116. The number of nitrogens with zero attached hydrogens (tertiary/aromatic N) is 3. The van der Waals surface area contributed by atoms with Gasteiger partial charge in [-0.1, -0.05) is 19.3 Å². The fourth-order valence-corrected chi connectivity index (χ4v) is 4.38. The molecule has 3 heterocycles. The average Bonchev–Trinajstić information content (AvgIpc) is 3.24. The molecule has 0 spiro atoms. The Bertz CT molecular complexity index is 922. The number of rotatable bonds is 5. The van der Waals surface area contributed by atoms with Gasteiger partial charge < -0.3 is 10.7 Å². The second-order valence-corrected chi connectivity index (χ2v) is 7.48. The van der Waals surface area contributed by atoms with Crippen LogP contribution in [0.2, 0.25) is 0 Å². The van der Waals surface area contributed by atoms with E-state index in [2.05, 4.69) is 32.4 Å². The van der Waals surface area contributed by atoms with Crippen molar-refractivity contribution in [1.82, 2.24) is 20.4 Å². The van der Waals surface area contributed by atoms with Crippen molar-refractivity contribution in [3.63, 3.8) is 0 Å². The molecule has 2 aromatic rings. The third kappa shape index (κ3) is 3.49. The molecule has 1 aliphatic carbocycles. The van der Waals surface area contributed by atoms with E-state index in [1.165, 1.54) is 43.2 Å². The van der Waals surface area contributed by atoms with Gasteiger partial charge in [-0.15, -0.1) is 0 Å². The van der Waals surface area contributed by atoms with Gasteiger partial charge in [0.15, 0.2) is 0 Å². The van der Waals surface area contributed by atoms with Crippen LogP contribution in [0.25, 0.3) is 6.08 Å². The van der Waals surface area contributed by atoms with E-state index in [0.29, 0.717) is 29.4 Å². The summed E-state index contributed by atoms with van der Waals surface area (Å²) >= 11 is 0. The Labute approximate surface area is 164 Å². The molecule has 0 unspecified atom stereocenters. The summed E-state index contributed by atoms with van der Waals surface area (Å²) in [4.78, 5) is 24.4. The van der Waals surface area contributed by atoms with Crippen LogP contribution in [-0.2, 0) is 11.2 Å². The first-order valence-electron chi connectivity index (χ1n) is 9.97. The van der Waals surface area contributed by atoms with Gasteiger partial charge in [-0.25, -0.2) is 5.43 Å². The van der Waals surface area contributed by atoms with Crippen molar-refractivity contribution >= 4 is 17.7 Å². The Morgan fingerprint density at radius 2 is 2.07 bits per heavy atom. The van der Waals surface area contributed by atoms with Crippen LogP contribution in [0.3, 0.4) is 0 Å². The highest BCUT2D eigenvalue weighted by molar-refractivity contribution is 6.32. The lowest BCUT2D eigenvalue weighted by atomic mass is 9.81. The molecule has 1 amide bonds. The van der Waals surface area contributed by atoms with Gasteiger partial charge in [0.05, 0.1) is 11.8 Å². The minimum atomic E-state index is -0.220. The van der Waals surface area contributed by atoms with E-state index >= 15 is 0 Å². The number of amides is 1. The van der Waals surface area contributed by atoms with Crippen molar-refractivity contribution in [3.05, 3.63) is 52.4 Å². The van der Waals surface area contributed by atoms with Gasteiger partial charge in [0.2, 0.25) is 0 Å². The number of nitrogens with one attached hydrogen (secondary N) is 2. The topological polar surface area (TPSA) is 109 Å². The highest BCUT2D eigenvalue weighted by atomic mass is 16.2. The Balaban J connectivity index is 1.78. The largest absolute Gasteiger partial charge is 0.359 e. The first-order valence-corrected chi connectivity index (χ1v) is 9.97. The fourth-order valence-electron chi connectivity index (χ4n) is 4.38. The molecule has 1 aliphatic heterocycles. The molecule has 4 N–H and O–H groups in total. The van der Waals surface area contributed by atoms with E-state index in [4.69, 9.17) is 5.73 Å². The van der Waals surface area contributed by atoms with E-state index in [1.54, 1.807) is 18.6 Å². The lowest BCUT2D eigenvalue weighted by Gasteiger charge is -2.23. The number of nitrogens with two attached hydrogens (primary N) is 1. The third-order valence-electron chi connectivity index (χ3n) is 5.66. The lowest BCUT2D eigenvalue weighted by Crippen LogP contribution is -2.15. The predicted octanol–water partition coefficient (Wildman–Crippen LogP) is 2.58. The zero-order valence-corrected chi connectivity index (χ0v) is 16.2. The second-order valence-electron chi connectivity index (χ2n) is 7.48. The first-order chi connectivity index (χ1) is 13.7. The van der Waals surface area contributed by atoms with Crippen molar-refractivity contribution < 1.29 is 4.79 Å². The minimum absolute atomic E-state index is 0.220. The molecular weight excluding hydrogens is 352 g/mol. The molecule has 0 aromatic carbocycles. The summed E-state index contributed by atoms with van der Waals surface area (Å²) in [6.45, 7) is 2.70. The van der Waals surface area contributed by atoms with Crippen LogP contribution < -0.4 is 11.2 Å². The summed E-state index contributed by atoms with van der Waals surface area (Å²) < 4.78 is 0. The molecule has 0 atom stereocenters. The second kappa shape index (κ2) is 8.06. The summed E-state index contributed by atoms with van der Waals surface area (Å²) in [5.74, 6) is 0.288. The van der Waals surface area contributed by atoms with Crippen LogP contribution in [0, 0.1) is 6.92 Å². The number of aromatic nitrogens is 3. The van der Waals surface area contributed by atoms with E-state index in [-0.39, 0.29) is 5.91 Å². The van der Waals surface area contributed by atoms with Crippen LogP contribution >= 0.6 is 0 Å². The Morgan fingerprint density at radius 3 is 2.79 bits per heavy atom. The van der Waals surface area contributed by atoms with E-state index in [1.807, 2.05) is 6.08 Å². The number of H-pyrrole nitrogens is 1. The molecule has 7 nitrogen and oxygen atoms in total. The predicted molar refractivity (Wildman–Crippen MR) is 109 cm³/mol. The molecule has 0 saturated heterocycles. The highest BCUT2D eigenvalue weighted by Crippen LogP contribution is 2.38. The van der Waals surface area contributed by atoms with E-state index < -0.39 is 0 Å². The number of aromatic amines is 1. The number of aryl methyl sites for hydroxylation is 1. The number of hydrogen-bond acceptors (Lipinski definition) is 5. The van der Waals surface area contributed by atoms with Crippen LogP contribution in [0.4, 0.5) is 0 Å². The number of carbonyl (C=O) groups excluding carboxylic acids is 1. The van der Waals surface area contributed by atoms with Gasteiger partial charge in [-0.2, -0.15) is 5.10 Å². The minimum Gasteiger partial charge on any atom is -0.359 e. The average molecular weight is 378 g/mol.